The van der Waals surface area contributed by atoms with Gasteiger partial charge in [-0.05, 0) is 80.3 Å². The molecule has 7 atom stereocenters. The predicted molar refractivity (Wildman–Crippen MR) is 96.8 cm³/mol. The van der Waals surface area contributed by atoms with Gasteiger partial charge in [0.05, 0.1) is 0 Å². The summed E-state index contributed by atoms with van der Waals surface area (Å²) in [6.07, 6.45) is 10.0. The van der Waals surface area contributed by atoms with Gasteiger partial charge in [-0.2, -0.15) is 11.8 Å². The molecule has 5 aliphatic rings. The number of hydrogen-bond acceptors (Lipinski definition) is 3. The van der Waals surface area contributed by atoms with E-state index in [4.69, 9.17) is 0 Å². The van der Waals surface area contributed by atoms with Crippen molar-refractivity contribution in [2.75, 3.05) is 5.75 Å². The average molecular weight is 345 g/mol. The van der Waals surface area contributed by atoms with Gasteiger partial charge in [0.25, 0.3) is 0 Å². The maximum absolute atomic E-state index is 12.2. The van der Waals surface area contributed by atoms with Crippen molar-refractivity contribution < 1.29 is 9.59 Å². The minimum absolute atomic E-state index is 0.249. The van der Waals surface area contributed by atoms with Crippen LogP contribution in [0.4, 0.5) is 0 Å². The van der Waals surface area contributed by atoms with Gasteiger partial charge >= 0.3 is 0 Å². The van der Waals surface area contributed by atoms with E-state index in [1.54, 1.807) is 0 Å². The first-order valence-corrected chi connectivity index (χ1v) is 10.9. The van der Waals surface area contributed by atoms with E-state index in [0.717, 1.165) is 37.0 Å². The van der Waals surface area contributed by atoms with E-state index < -0.39 is 0 Å². The van der Waals surface area contributed by atoms with Crippen molar-refractivity contribution in [1.29, 1.82) is 0 Å². The molecule has 0 amide bonds. The molecule has 0 spiro atoms. The van der Waals surface area contributed by atoms with Crippen molar-refractivity contribution in [1.82, 2.24) is 0 Å². The van der Waals surface area contributed by atoms with Crippen molar-refractivity contribution in [2.45, 2.75) is 64.0 Å². The summed E-state index contributed by atoms with van der Waals surface area (Å²) < 4.78 is 0. The van der Waals surface area contributed by atoms with Crippen LogP contribution in [-0.4, -0.2) is 22.6 Å². The summed E-state index contributed by atoms with van der Waals surface area (Å²) in [5, 5.41) is 0.592. The molecule has 0 radical (unpaired) electrons. The zero-order valence-electron chi connectivity index (χ0n) is 14.8. The number of carbonyl (C=O) groups excluding carboxylic acids is 2. The molecule has 0 aromatic rings. The Morgan fingerprint density at radius 3 is 2.83 bits per heavy atom. The molecule has 2 nitrogen and oxygen atoms in total. The fraction of sp³-hybridized carbons (Fsp3) is 0.810. The summed E-state index contributed by atoms with van der Waals surface area (Å²) in [5.41, 5.74) is 2.11. The molecule has 24 heavy (non-hydrogen) atoms. The van der Waals surface area contributed by atoms with Crippen LogP contribution in [0.2, 0.25) is 0 Å². The molecule has 3 saturated carbocycles. The molecule has 3 heteroatoms. The van der Waals surface area contributed by atoms with Crippen molar-refractivity contribution in [3.05, 3.63) is 11.6 Å². The first kappa shape index (κ1) is 15.7. The maximum atomic E-state index is 12.2. The third-order valence-electron chi connectivity index (χ3n) is 8.72. The van der Waals surface area contributed by atoms with Gasteiger partial charge in [0.15, 0.2) is 5.78 Å². The van der Waals surface area contributed by atoms with Crippen LogP contribution >= 0.6 is 11.8 Å². The molecule has 0 aromatic heterocycles. The number of carbonyl (C=O) groups is 2. The fourth-order valence-corrected chi connectivity index (χ4v) is 9.57. The third-order valence-corrected chi connectivity index (χ3v) is 10.3. The van der Waals surface area contributed by atoms with E-state index in [2.05, 4.69) is 18.7 Å². The molecular formula is C21H28O2S. The normalized spacial score (nSPS) is 52.3. The Hall–Kier alpha value is -0.570. The van der Waals surface area contributed by atoms with Crippen molar-refractivity contribution in [3.63, 3.8) is 0 Å². The zero-order valence-corrected chi connectivity index (χ0v) is 15.7. The minimum atomic E-state index is 0.249. The van der Waals surface area contributed by atoms with E-state index in [1.807, 2.05) is 13.0 Å². The predicted octanol–water partition coefficient (Wildman–Crippen LogP) is 4.43. The fourth-order valence-electron chi connectivity index (χ4n) is 7.71. The number of ketones is 2. The molecule has 130 valence electrons. The lowest BCUT2D eigenvalue weighted by Crippen LogP contribution is -2.52. The van der Waals surface area contributed by atoms with Gasteiger partial charge in [-0.3, -0.25) is 9.59 Å². The van der Waals surface area contributed by atoms with E-state index in [1.165, 1.54) is 37.0 Å². The van der Waals surface area contributed by atoms with Crippen LogP contribution in [0.3, 0.4) is 0 Å². The van der Waals surface area contributed by atoms with E-state index in [-0.39, 0.29) is 5.41 Å². The van der Waals surface area contributed by atoms with Gasteiger partial charge in [-0.1, -0.05) is 6.92 Å². The van der Waals surface area contributed by atoms with Crippen LogP contribution in [0.25, 0.3) is 0 Å². The van der Waals surface area contributed by atoms with Crippen LogP contribution in [0.5, 0.6) is 0 Å². The zero-order chi connectivity index (χ0) is 16.7. The summed E-state index contributed by atoms with van der Waals surface area (Å²) in [7, 11) is 0. The van der Waals surface area contributed by atoms with Gasteiger partial charge in [-0.25, -0.2) is 0 Å². The Kier molecular flexibility index (Phi) is 3.26. The highest BCUT2D eigenvalue weighted by atomic mass is 32.2. The minimum Gasteiger partial charge on any atom is -0.300 e. The lowest BCUT2D eigenvalue weighted by Gasteiger charge is -2.57. The van der Waals surface area contributed by atoms with Crippen LogP contribution < -0.4 is 0 Å². The second kappa shape index (κ2) is 4.99. The number of fused-ring (bicyclic) bond motifs is 3. The molecule has 2 bridgehead atoms. The summed E-state index contributed by atoms with van der Waals surface area (Å²) in [4.78, 5) is 24.2. The molecule has 4 fully saturated rings. The van der Waals surface area contributed by atoms with Gasteiger partial charge in [0.1, 0.15) is 5.78 Å². The highest BCUT2D eigenvalue weighted by Gasteiger charge is 2.64. The van der Waals surface area contributed by atoms with Crippen LogP contribution in [0.1, 0.15) is 58.8 Å². The first-order chi connectivity index (χ1) is 11.5. The van der Waals surface area contributed by atoms with Crippen LogP contribution in [0.15, 0.2) is 11.6 Å². The molecule has 4 aliphatic carbocycles. The lowest BCUT2D eigenvalue weighted by atomic mass is 9.46. The first-order valence-electron chi connectivity index (χ1n) is 9.83. The van der Waals surface area contributed by atoms with Gasteiger partial charge in [-0.15, -0.1) is 0 Å². The van der Waals surface area contributed by atoms with Crippen molar-refractivity contribution >= 4 is 23.3 Å². The maximum Gasteiger partial charge on any atom is 0.155 e. The molecule has 4 unspecified atom stereocenters. The monoisotopic (exact) mass is 344 g/mol. The molecule has 1 aliphatic heterocycles. The molecule has 0 N–H and O–H groups in total. The highest BCUT2D eigenvalue weighted by Crippen LogP contribution is 2.70. The van der Waals surface area contributed by atoms with Gasteiger partial charge in [0.2, 0.25) is 0 Å². The summed E-state index contributed by atoms with van der Waals surface area (Å²) in [6, 6.07) is 0. The Balaban J connectivity index is 1.54. The van der Waals surface area contributed by atoms with Gasteiger partial charge in [0, 0.05) is 28.8 Å². The molecule has 5 rings (SSSR count). The molecule has 1 heterocycles. The van der Waals surface area contributed by atoms with E-state index >= 15 is 0 Å². The molecule has 1 saturated heterocycles. The summed E-state index contributed by atoms with van der Waals surface area (Å²) >= 11 is 2.13. The Morgan fingerprint density at radius 2 is 2.04 bits per heavy atom. The number of rotatable bonds is 1. The highest BCUT2D eigenvalue weighted by molar-refractivity contribution is 8.00. The lowest BCUT2D eigenvalue weighted by molar-refractivity contribution is -0.128. The van der Waals surface area contributed by atoms with Crippen molar-refractivity contribution in [3.8, 4) is 0 Å². The number of Topliss-reactive ketones (excluding diaryl/α,β-unsaturated/α-hetero) is 1. The molecule has 0 aromatic carbocycles. The number of hydrogen-bond donors (Lipinski definition) is 0. The van der Waals surface area contributed by atoms with Gasteiger partial charge < -0.3 is 0 Å². The Bertz CT molecular complexity index is 652. The second-order valence-corrected chi connectivity index (χ2v) is 10.6. The number of thioether (sulfide) groups is 1. The van der Waals surface area contributed by atoms with Crippen LogP contribution in [0, 0.1) is 34.5 Å². The summed E-state index contributed by atoms with van der Waals surface area (Å²) in [6.45, 7) is 4.24. The standard InChI is InChI=1S/C21H28O2S/c1-12(22)15-3-4-16-14-10-19-18-9-13(23)5-8-21(18,11-24-19)17(14)6-7-20(15,16)2/h9,14-17,19H,3-8,10-11H2,1-2H3/t14?,15?,16?,17?,19-,20+,21-/m0/s1. The smallest absolute Gasteiger partial charge is 0.155 e. The summed E-state index contributed by atoms with van der Waals surface area (Å²) in [5.74, 6) is 4.64. The second-order valence-electron chi connectivity index (χ2n) is 9.42. The van der Waals surface area contributed by atoms with Crippen molar-refractivity contribution in [2.24, 2.45) is 34.5 Å². The topological polar surface area (TPSA) is 34.1 Å². The Labute approximate surface area is 149 Å². The average Bonchev–Trinajstić information content (AvgIpc) is 3.02. The Morgan fingerprint density at radius 1 is 1.21 bits per heavy atom. The van der Waals surface area contributed by atoms with Crippen LogP contribution in [-0.2, 0) is 9.59 Å². The van der Waals surface area contributed by atoms with E-state index in [9.17, 15) is 9.59 Å². The molecular weight excluding hydrogens is 316 g/mol. The quantitative estimate of drug-likeness (QED) is 0.706. The largest absolute Gasteiger partial charge is 0.300 e. The van der Waals surface area contributed by atoms with E-state index in [0.29, 0.717) is 28.1 Å². The third kappa shape index (κ3) is 1.80. The SMILES string of the molecule is CC(=O)C1CCC2C3C[C@@H]4SC[C@@]5(CCC(=O)C=C45)C3CC[C@]12C.